The predicted molar refractivity (Wildman–Crippen MR) is 146 cm³/mol. The smallest absolute Gasteiger partial charge is 0.194 e. The lowest BCUT2D eigenvalue weighted by atomic mass is 10.1. The average molecular weight is 489 g/mol. The second-order valence-corrected chi connectivity index (χ2v) is 10.1. The van der Waals surface area contributed by atoms with Crippen molar-refractivity contribution in [2.75, 3.05) is 13.2 Å². The van der Waals surface area contributed by atoms with Gasteiger partial charge in [0.15, 0.2) is 7.94 Å². The van der Waals surface area contributed by atoms with Crippen LogP contribution in [-0.2, 0) is 0 Å². The molecule has 192 valence electrons. The summed E-state index contributed by atoms with van der Waals surface area (Å²) in [5.74, 6) is 5.38. The van der Waals surface area contributed by atoms with Crippen molar-refractivity contribution in [2.45, 2.75) is 122 Å². The molecule has 0 aliphatic rings. The molecule has 5 heteroatoms. The van der Waals surface area contributed by atoms with Crippen LogP contribution in [0.5, 0.6) is 0 Å². The molecule has 0 rings (SSSR count). The van der Waals surface area contributed by atoms with Gasteiger partial charge in [0.2, 0.25) is 0 Å². The van der Waals surface area contributed by atoms with Crippen LogP contribution in [0.1, 0.15) is 122 Å². The first-order valence-electron chi connectivity index (χ1n) is 13.4. The summed E-state index contributed by atoms with van der Waals surface area (Å²) in [5, 5.41) is 20.9. The number of rotatable bonds is 24. The molecular formula is C29H49N2O2P. The first kappa shape index (κ1) is 32.4. The third-order valence-corrected chi connectivity index (χ3v) is 6.78. The fourth-order valence-electron chi connectivity index (χ4n) is 3.90. The Balaban J connectivity index is 4.27. The minimum atomic E-state index is -2.09. The van der Waals surface area contributed by atoms with E-state index in [9.17, 15) is 10.00 Å². The van der Waals surface area contributed by atoms with Crippen LogP contribution in [0.2, 0.25) is 0 Å². The van der Waals surface area contributed by atoms with E-state index in [1.807, 2.05) is 6.08 Å². The van der Waals surface area contributed by atoms with Crippen molar-refractivity contribution in [2.24, 2.45) is 0 Å². The topological polar surface area (TPSA) is 79.2 Å². The quantitative estimate of drug-likeness (QED) is 0.0746. The van der Waals surface area contributed by atoms with Crippen LogP contribution in [0.25, 0.3) is 0 Å². The van der Waals surface area contributed by atoms with Gasteiger partial charge in [-0.05, 0) is 44.6 Å². The second-order valence-electron chi connectivity index (χ2n) is 8.98. The van der Waals surface area contributed by atoms with E-state index >= 15 is 0 Å². The fraction of sp³-hybridized carbons (Fsp3) is 0.724. The van der Waals surface area contributed by atoms with E-state index in [0.29, 0.717) is 18.3 Å². The molecule has 4 nitrogen and oxygen atoms in total. The molecule has 0 aromatic carbocycles. The summed E-state index contributed by atoms with van der Waals surface area (Å²) in [5.41, 5.74) is 0.983. The van der Waals surface area contributed by atoms with Crippen molar-refractivity contribution in [3.63, 3.8) is 0 Å². The van der Waals surface area contributed by atoms with Crippen LogP contribution in [-0.4, -0.2) is 18.3 Å². The predicted octanol–water partition coefficient (Wildman–Crippen LogP) is 7.53. The van der Waals surface area contributed by atoms with Crippen LogP contribution < -0.4 is 10.2 Å². The third kappa shape index (κ3) is 22.2. The summed E-state index contributed by atoms with van der Waals surface area (Å²) in [6, 6.07) is 0. The highest BCUT2D eigenvalue weighted by molar-refractivity contribution is 7.42. The Morgan fingerprint density at radius 2 is 1.21 bits per heavy atom. The van der Waals surface area contributed by atoms with Crippen molar-refractivity contribution in [1.29, 1.82) is 5.16 Å². The van der Waals surface area contributed by atoms with E-state index in [0.717, 1.165) is 57.1 Å². The number of aliphatic hydroxyl groups excluding tert-OH is 1. The summed E-state index contributed by atoms with van der Waals surface area (Å²) in [6.45, 7) is 0.540. The van der Waals surface area contributed by atoms with Crippen molar-refractivity contribution in [1.82, 2.24) is 5.32 Å². The van der Waals surface area contributed by atoms with E-state index in [1.54, 1.807) is 0 Å². The summed E-state index contributed by atoms with van der Waals surface area (Å²) in [7, 11) is -2.09. The standard InChI is InChI=1S/C29H49N2O2P/c1-3-5-7-9-11-13-15-17-19-21-23-28(31-25-26-32)27-29(34(30)33)24-22-20-18-16-14-12-10-8-6-4-2/h1-2,23-24,30-32H,5-22,25-27H2. The van der Waals surface area contributed by atoms with Crippen LogP contribution in [0.15, 0.2) is 23.2 Å². The SMILES string of the molecule is C#CCCCCCCCCCC=C(CC(=CCCCCCCCCCC#C)[P+](=N)[O-])NCCO. The van der Waals surface area contributed by atoms with E-state index in [4.69, 9.17) is 18.0 Å². The van der Waals surface area contributed by atoms with E-state index < -0.39 is 7.94 Å². The van der Waals surface area contributed by atoms with Gasteiger partial charge >= 0.3 is 0 Å². The second kappa shape index (κ2) is 26.0. The van der Waals surface area contributed by atoms with Gasteiger partial charge in [-0.3, -0.25) is 0 Å². The normalized spacial score (nSPS) is 12.3. The zero-order valence-electron chi connectivity index (χ0n) is 21.5. The maximum Gasteiger partial charge on any atom is 0.194 e. The summed E-state index contributed by atoms with van der Waals surface area (Å²) in [4.78, 5) is 12.0. The molecule has 0 aromatic rings. The maximum absolute atomic E-state index is 12.0. The minimum absolute atomic E-state index is 0.0613. The van der Waals surface area contributed by atoms with Gasteiger partial charge < -0.3 is 15.3 Å². The summed E-state index contributed by atoms with van der Waals surface area (Å²) < 4.78 is 0. The molecule has 0 aliphatic heterocycles. The molecule has 0 saturated carbocycles. The van der Waals surface area contributed by atoms with Crippen LogP contribution >= 0.6 is 7.94 Å². The van der Waals surface area contributed by atoms with Gasteiger partial charge in [-0.15, -0.1) is 29.8 Å². The Morgan fingerprint density at radius 3 is 1.65 bits per heavy atom. The number of unbranched alkanes of at least 4 members (excludes halogenated alkanes) is 16. The van der Waals surface area contributed by atoms with Gasteiger partial charge in [0.25, 0.3) is 0 Å². The lowest BCUT2D eigenvalue weighted by Crippen LogP contribution is -2.18. The third-order valence-electron chi connectivity index (χ3n) is 5.92. The van der Waals surface area contributed by atoms with Gasteiger partial charge in [-0.25, -0.2) is 0 Å². The molecule has 0 amide bonds. The Labute approximate surface area is 211 Å². The summed E-state index contributed by atoms with van der Waals surface area (Å²) >= 11 is 0. The van der Waals surface area contributed by atoms with Crippen LogP contribution in [0, 0.1) is 29.8 Å². The van der Waals surface area contributed by atoms with Gasteiger partial charge in [0.1, 0.15) is 5.31 Å². The van der Waals surface area contributed by atoms with Crippen molar-refractivity contribution >= 4 is 7.94 Å². The molecule has 0 saturated heterocycles. The van der Waals surface area contributed by atoms with Gasteiger partial charge in [0.05, 0.1) is 13.0 Å². The van der Waals surface area contributed by atoms with Gasteiger partial charge in [0, 0.05) is 25.1 Å². The zero-order valence-corrected chi connectivity index (χ0v) is 22.4. The lowest BCUT2D eigenvalue weighted by molar-refractivity contribution is -0.154. The highest BCUT2D eigenvalue weighted by atomic mass is 31.1. The largest absolute Gasteiger partial charge is 0.608 e. The maximum atomic E-state index is 12.0. The molecule has 3 N–H and O–H groups in total. The van der Waals surface area contributed by atoms with E-state index in [-0.39, 0.29) is 6.61 Å². The molecule has 0 heterocycles. The zero-order chi connectivity index (χ0) is 25.1. The van der Waals surface area contributed by atoms with Crippen LogP contribution in [0.3, 0.4) is 0 Å². The number of nitrogens with one attached hydrogen (secondary N) is 2. The van der Waals surface area contributed by atoms with Crippen molar-refractivity contribution in [3.05, 3.63) is 23.2 Å². The average Bonchev–Trinajstić information content (AvgIpc) is 2.83. The molecule has 0 bridgehead atoms. The van der Waals surface area contributed by atoms with E-state index in [1.165, 1.54) is 64.2 Å². The number of terminal acetylenes is 2. The van der Waals surface area contributed by atoms with Crippen molar-refractivity contribution < 1.29 is 10.00 Å². The fourth-order valence-corrected chi connectivity index (χ4v) is 4.51. The molecule has 0 aromatic heterocycles. The van der Waals surface area contributed by atoms with Gasteiger partial charge in [-0.2, -0.15) is 0 Å². The summed E-state index contributed by atoms with van der Waals surface area (Å²) in [6.07, 6.45) is 35.6. The van der Waals surface area contributed by atoms with Gasteiger partial charge in [-0.1, -0.05) is 70.3 Å². The van der Waals surface area contributed by atoms with Crippen LogP contribution in [0.4, 0.5) is 0 Å². The molecule has 1 atom stereocenters. The molecule has 0 spiro atoms. The molecule has 0 aliphatic carbocycles. The van der Waals surface area contributed by atoms with E-state index in [2.05, 4.69) is 23.2 Å². The van der Waals surface area contributed by atoms with Crippen molar-refractivity contribution in [3.8, 4) is 24.7 Å². The highest BCUT2D eigenvalue weighted by Crippen LogP contribution is 2.30. The number of aliphatic hydroxyl groups is 1. The monoisotopic (exact) mass is 488 g/mol. The Hall–Kier alpha value is -1.58. The molecular weight excluding hydrogens is 439 g/mol. The Bertz CT molecular complexity index is 643. The molecule has 0 radical (unpaired) electrons. The first-order valence-corrected chi connectivity index (χ1v) is 14.7. The Kier molecular flexibility index (Phi) is 24.8. The number of hydrogen-bond donors (Lipinski definition) is 3. The molecule has 1 unspecified atom stereocenters. The highest BCUT2D eigenvalue weighted by Gasteiger charge is 2.11. The number of hydrogen-bond acceptors (Lipinski definition) is 4. The minimum Gasteiger partial charge on any atom is -0.608 e. The molecule has 34 heavy (non-hydrogen) atoms. The first-order chi connectivity index (χ1) is 16.7. The Morgan fingerprint density at radius 1 is 0.765 bits per heavy atom. The number of allylic oxidation sites excluding steroid dienone is 3. The lowest BCUT2D eigenvalue weighted by Gasteiger charge is -2.10. The molecule has 0 fully saturated rings.